The van der Waals surface area contributed by atoms with Gasteiger partial charge in [0.25, 0.3) is 5.82 Å². The third-order valence-electron chi connectivity index (χ3n) is 4.11. The van der Waals surface area contributed by atoms with Crippen molar-refractivity contribution in [3.05, 3.63) is 18.0 Å². The maximum absolute atomic E-state index is 12.9. The Morgan fingerprint density at radius 2 is 1.84 bits per heavy atom. The molecule has 0 aliphatic rings. The molecule has 2 rings (SSSR count). The fourth-order valence-electron chi connectivity index (χ4n) is 2.93. The lowest BCUT2D eigenvalue weighted by Gasteiger charge is -2.31. The predicted octanol–water partition coefficient (Wildman–Crippen LogP) is 3.31. The van der Waals surface area contributed by atoms with Crippen LogP contribution < -0.4 is 5.32 Å². The third kappa shape index (κ3) is 4.81. The zero-order chi connectivity index (χ0) is 18.6. The summed E-state index contributed by atoms with van der Waals surface area (Å²) in [4.78, 5) is 2.34. The highest BCUT2D eigenvalue weighted by Crippen LogP contribution is 2.27. The van der Waals surface area contributed by atoms with Crippen LogP contribution in [0.15, 0.2) is 12.1 Å². The van der Waals surface area contributed by atoms with E-state index in [9.17, 15) is 13.2 Å². The predicted molar refractivity (Wildman–Crippen MR) is 90.4 cm³/mol. The van der Waals surface area contributed by atoms with E-state index < -0.39 is 12.0 Å². The normalized spacial score (nSPS) is 13.8. The summed E-state index contributed by atoms with van der Waals surface area (Å²) in [7, 11) is 0. The molecule has 0 saturated carbocycles. The van der Waals surface area contributed by atoms with Crippen molar-refractivity contribution in [1.29, 1.82) is 0 Å². The van der Waals surface area contributed by atoms with Crippen LogP contribution >= 0.6 is 0 Å². The number of likely N-dealkylation sites (N-methyl/N-ethyl adjacent to an activating group) is 1. The molecule has 1 unspecified atom stereocenters. The number of anilines is 1. The Balaban J connectivity index is 2.18. The zero-order valence-corrected chi connectivity index (χ0v) is 15.0. The first-order valence-electron chi connectivity index (χ1n) is 8.53. The number of rotatable bonds is 8. The minimum absolute atomic E-state index is 0.0698. The summed E-state index contributed by atoms with van der Waals surface area (Å²) in [6.07, 6.45) is -3.59. The maximum atomic E-state index is 12.9. The number of hydrogen-bond donors (Lipinski definition) is 1. The smallest absolute Gasteiger partial charge is 0.367 e. The summed E-state index contributed by atoms with van der Waals surface area (Å²) in [6.45, 7) is 11.0. The van der Waals surface area contributed by atoms with Crippen molar-refractivity contribution < 1.29 is 13.2 Å². The number of aromatic nitrogens is 4. The van der Waals surface area contributed by atoms with Crippen LogP contribution in [0.25, 0.3) is 5.65 Å². The molecule has 0 aromatic carbocycles. The van der Waals surface area contributed by atoms with Crippen LogP contribution in [0.3, 0.4) is 0 Å². The highest BCUT2D eigenvalue weighted by atomic mass is 19.4. The van der Waals surface area contributed by atoms with E-state index >= 15 is 0 Å². The van der Waals surface area contributed by atoms with Crippen molar-refractivity contribution in [1.82, 2.24) is 24.7 Å². The Kier molecular flexibility index (Phi) is 6.21. The van der Waals surface area contributed by atoms with Gasteiger partial charge < -0.3 is 5.32 Å². The van der Waals surface area contributed by atoms with Gasteiger partial charge in [-0.25, -0.2) is 0 Å². The molecule has 0 aliphatic carbocycles. The lowest BCUT2D eigenvalue weighted by atomic mass is 10.0. The van der Waals surface area contributed by atoms with Crippen molar-refractivity contribution in [2.75, 3.05) is 25.0 Å². The summed E-state index contributed by atoms with van der Waals surface area (Å²) >= 11 is 0. The van der Waals surface area contributed by atoms with Crippen molar-refractivity contribution in [2.45, 2.75) is 46.3 Å². The Morgan fingerprint density at radius 1 is 1.16 bits per heavy atom. The first kappa shape index (κ1) is 19.4. The molecule has 0 bridgehead atoms. The van der Waals surface area contributed by atoms with Gasteiger partial charge in [-0.1, -0.05) is 27.7 Å². The van der Waals surface area contributed by atoms with Crippen LogP contribution in [-0.2, 0) is 6.18 Å². The van der Waals surface area contributed by atoms with E-state index in [4.69, 9.17) is 0 Å². The van der Waals surface area contributed by atoms with Crippen LogP contribution in [0, 0.1) is 5.92 Å². The topological polar surface area (TPSA) is 58.3 Å². The van der Waals surface area contributed by atoms with Crippen molar-refractivity contribution >= 4 is 11.5 Å². The molecular weight excluding hydrogens is 333 g/mol. The fraction of sp³-hybridized carbons (Fsp3) is 0.688. The third-order valence-corrected chi connectivity index (χ3v) is 4.11. The molecule has 140 valence electrons. The zero-order valence-electron chi connectivity index (χ0n) is 15.0. The molecule has 25 heavy (non-hydrogen) atoms. The van der Waals surface area contributed by atoms with Crippen LogP contribution in [0.1, 0.15) is 39.9 Å². The molecule has 0 amide bonds. The number of fused-ring (bicyclic) bond motifs is 1. The largest absolute Gasteiger partial charge is 0.453 e. The molecule has 0 radical (unpaired) electrons. The van der Waals surface area contributed by atoms with E-state index in [-0.39, 0.29) is 11.7 Å². The van der Waals surface area contributed by atoms with E-state index in [0.717, 1.165) is 24.0 Å². The number of alkyl halides is 3. The molecule has 2 aromatic rings. The van der Waals surface area contributed by atoms with Crippen molar-refractivity contribution in [3.8, 4) is 0 Å². The first-order valence-corrected chi connectivity index (χ1v) is 8.53. The van der Waals surface area contributed by atoms with Gasteiger partial charge in [0, 0.05) is 12.6 Å². The highest BCUT2D eigenvalue weighted by Gasteiger charge is 2.37. The number of nitrogens with zero attached hydrogens (tertiary/aromatic N) is 5. The Morgan fingerprint density at radius 3 is 2.40 bits per heavy atom. The molecule has 6 nitrogen and oxygen atoms in total. The molecule has 2 heterocycles. The van der Waals surface area contributed by atoms with Crippen LogP contribution in [0.5, 0.6) is 0 Å². The van der Waals surface area contributed by atoms with Crippen LogP contribution in [-0.4, -0.2) is 50.4 Å². The number of nitrogens with one attached hydrogen (secondary N) is 1. The summed E-state index contributed by atoms with van der Waals surface area (Å²) in [5, 5.41) is 13.9. The molecule has 0 aliphatic heterocycles. The van der Waals surface area contributed by atoms with E-state index in [2.05, 4.69) is 53.2 Å². The van der Waals surface area contributed by atoms with Crippen molar-refractivity contribution in [2.24, 2.45) is 5.92 Å². The summed E-state index contributed by atoms with van der Waals surface area (Å²) < 4.78 is 39.6. The van der Waals surface area contributed by atoms with Gasteiger partial charge >= 0.3 is 6.18 Å². The lowest BCUT2D eigenvalue weighted by molar-refractivity contribution is -0.146. The van der Waals surface area contributed by atoms with E-state index in [1.54, 1.807) is 6.07 Å². The second kappa shape index (κ2) is 7.99. The molecule has 2 aromatic heterocycles. The monoisotopic (exact) mass is 358 g/mol. The Bertz CT molecular complexity index is 678. The van der Waals surface area contributed by atoms with Gasteiger partial charge in [-0.05, 0) is 37.6 Å². The van der Waals surface area contributed by atoms with Crippen molar-refractivity contribution in [3.63, 3.8) is 0 Å². The summed E-state index contributed by atoms with van der Waals surface area (Å²) in [6, 6.07) is 3.39. The maximum Gasteiger partial charge on any atom is 0.453 e. The van der Waals surface area contributed by atoms with Crippen LogP contribution in [0.2, 0.25) is 0 Å². The van der Waals surface area contributed by atoms with Crippen LogP contribution in [0.4, 0.5) is 19.0 Å². The van der Waals surface area contributed by atoms with Gasteiger partial charge in [0.2, 0.25) is 0 Å². The Hall–Kier alpha value is -1.90. The van der Waals surface area contributed by atoms with Gasteiger partial charge in [0.1, 0.15) is 5.82 Å². The fourth-order valence-corrected chi connectivity index (χ4v) is 2.93. The number of halogens is 3. The molecule has 1 N–H and O–H groups in total. The standard InChI is InChI=1S/C16H25F3N6/c1-5-24(6-2)12(9-11(3)4)10-20-13-7-8-14-21-22-15(16(17,18)19)25(14)23-13/h7-8,11-12H,5-6,9-10H2,1-4H3,(H,20,23). The van der Waals surface area contributed by atoms with Gasteiger partial charge in [-0.3, -0.25) is 4.90 Å². The van der Waals surface area contributed by atoms with Gasteiger partial charge in [-0.2, -0.15) is 17.7 Å². The summed E-state index contributed by atoms with van der Waals surface area (Å²) in [5.74, 6) is -0.218. The first-order chi connectivity index (χ1) is 11.8. The molecule has 0 fully saturated rings. The van der Waals surface area contributed by atoms with E-state index in [1.165, 1.54) is 6.07 Å². The number of hydrogen-bond acceptors (Lipinski definition) is 5. The van der Waals surface area contributed by atoms with E-state index in [1.807, 2.05) is 0 Å². The van der Waals surface area contributed by atoms with Gasteiger partial charge in [-0.15, -0.1) is 15.3 Å². The Labute approximate surface area is 145 Å². The minimum atomic E-state index is -4.59. The lowest BCUT2D eigenvalue weighted by Crippen LogP contribution is -2.41. The molecule has 0 saturated heterocycles. The van der Waals surface area contributed by atoms with Gasteiger partial charge in [0.15, 0.2) is 5.65 Å². The minimum Gasteiger partial charge on any atom is -0.367 e. The average Bonchev–Trinajstić information content (AvgIpc) is 2.96. The molecule has 0 spiro atoms. The average molecular weight is 358 g/mol. The molecular formula is C16H25F3N6. The van der Waals surface area contributed by atoms with Gasteiger partial charge in [0.05, 0.1) is 0 Å². The molecule has 9 heteroatoms. The second-order valence-corrected chi connectivity index (χ2v) is 6.40. The highest BCUT2D eigenvalue weighted by molar-refractivity contribution is 5.44. The summed E-state index contributed by atoms with van der Waals surface area (Å²) in [5.41, 5.74) is 0.0698. The second-order valence-electron chi connectivity index (χ2n) is 6.40. The SMILES string of the molecule is CCN(CC)C(CNc1ccc2nnc(C(F)(F)F)n2n1)CC(C)C. The molecule has 1 atom stereocenters. The van der Waals surface area contributed by atoms with E-state index in [0.29, 0.717) is 18.3 Å². The quantitative estimate of drug-likeness (QED) is 0.785.